The summed E-state index contributed by atoms with van der Waals surface area (Å²) in [4.78, 5) is 54.0. The predicted octanol–water partition coefficient (Wildman–Crippen LogP) is 1.03. The molecule has 0 aromatic heterocycles. The van der Waals surface area contributed by atoms with E-state index in [2.05, 4.69) is 10.6 Å². The smallest absolute Gasteiger partial charge is 0.267 e. The van der Waals surface area contributed by atoms with E-state index in [-0.39, 0.29) is 43.1 Å². The van der Waals surface area contributed by atoms with Crippen molar-refractivity contribution in [3.05, 3.63) is 54.1 Å². The molecule has 0 radical (unpaired) electrons. The van der Waals surface area contributed by atoms with Crippen molar-refractivity contribution in [1.29, 1.82) is 0 Å². The van der Waals surface area contributed by atoms with Crippen molar-refractivity contribution < 1.29 is 28.7 Å². The van der Waals surface area contributed by atoms with E-state index >= 15 is 0 Å². The lowest BCUT2D eigenvalue weighted by Gasteiger charge is -2.37. The molecule has 182 valence electrons. The number of rotatable bonds is 4. The van der Waals surface area contributed by atoms with Gasteiger partial charge in [0.15, 0.2) is 11.5 Å². The molecule has 2 aromatic carbocycles. The normalized spacial score (nSPS) is 21.4. The van der Waals surface area contributed by atoms with Crippen LogP contribution in [-0.2, 0) is 14.4 Å². The zero-order valence-electron chi connectivity index (χ0n) is 19.1. The molecular formula is C25H26N4O6. The molecule has 4 amide bonds. The summed E-state index contributed by atoms with van der Waals surface area (Å²) in [7, 11) is 0. The number of para-hydroxylation sites is 3. The van der Waals surface area contributed by atoms with Crippen LogP contribution in [0.4, 0.5) is 5.69 Å². The highest BCUT2D eigenvalue weighted by molar-refractivity contribution is 6.09. The minimum atomic E-state index is -0.798. The van der Waals surface area contributed by atoms with E-state index < -0.39 is 12.1 Å². The highest BCUT2D eigenvalue weighted by Crippen LogP contribution is 2.31. The van der Waals surface area contributed by atoms with Gasteiger partial charge in [0.05, 0.1) is 11.3 Å². The Morgan fingerprint density at radius 3 is 2.40 bits per heavy atom. The van der Waals surface area contributed by atoms with Crippen molar-refractivity contribution in [1.82, 2.24) is 15.1 Å². The molecule has 0 spiro atoms. The van der Waals surface area contributed by atoms with E-state index in [1.807, 2.05) is 12.1 Å². The molecule has 0 bridgehead atoms. The number of fused-ring (bicyclic) bond motifs is 2. The van der Waals surface area contributed by atoms with E-state index in [1.54, 1.807) is 46.2 Å². The van der Waals surface area contributed by atoms with Crippen molar-refractivity contribution in [3.8, 4) is 11.5 Å². The third-order valence-corrected chi connectivity index (χ3v) is 6.43. The fourth-order valence-corrected chi connectivity index (χ4v) is 4.46. The number of ether oxygens (including phenoxy) is 2. The average molecular weight is 479 g/mol. The monoisotopic (exact) mass is 478 g/mol. The highest BCUT2D eigenvalue weighted by Gasteiger charge is 2.34. The van der Waals surface area contributed by atoms with Crippen LogP contribution in [0.25, 0.3) is 0 Å². The van der Waals surface area contributed by atoms with Gasteiger partial charge in [0.2, 0.25) is 17.9 Å². The van der Waals surface area contributed by atoms with Gasteiger partial charge in [-0.1, -0.05) is 24.3 Å². The number of amides is 4. The van der Waals surface area contributed by atoms with Gasteiger partial charge >= 0.3 is 0 Å². The molecule has 0 saturated carbocycles. The quantitative estimate of drug-likeness (QED) is 0.678. The molecule has 35 heavy (non-hydrogen) atoms. The van der Waals surface area contributed by atoms with Crippen molar-refractivity contribution in [2.45, 2.75) is 25.0 Å². The van der Waals surface area contributed by atoms with Crippen LogP contribution >= 0.6 is 0 Å². The number of hydrogen-bond acceptors (Lipinski definition) is 6. The number of piperazine rings is 1. The van der Waals surface area contributed by atoms with Crippen LogP contribution < -0.4 is 20.1 Å². The van der Waals surface area contributed by atoms with Crippen LogP contribution in [0, 0.1) is 0 Å². The van der Waals surface area contributed by atoms with Crippen LogP contribution in [-0.4, -0.2) is 78.4 Å². The van der Waals surface area contributed by atoms with Crippen molar-refractivity contribution in [3.63, 3.8) is 0 Å². The Bertz CT molecular complexity index is 1160. The minimum absolute atomic E-state index is 0.110. The Labute approximate surface area is 202 Å². The summed E-state index contributed by atoms with van der Waals surface area (Å²) in [6, 6.07) is 13.2. The number of carbonyl (C=O) groups excluding carboxylic acids is 4. The molecule has 1 fully saturated rings. The Balaban J connectivity index is 1.10. The zero-order valence-corrected chi connectivity index (χ0v) is 19.1. The van der Waals surface area contributed by atoms with Gasteiger partial charge in [-0.15, -0.1) is 0 Å². The number of benzene rings is 2. The van der Waals surface area contributed by atoms with E-state index in [9.17, 15) is 19.2 Å². The van der Waals surface area contributed by atoms with Crippen LogP contribution in [0.1, 0.15) is 23.2 Å². The van der Waals surface area contributed by atoms with Crippen molar-refractivity contribution >= 4 is 29.3 Å². The Kier molecular flexibility index (Phi) is 6.26. The summed E-state index contributed by atoms with van der Waals surface area (Å²) in [5.74, 6) is 0.192. The largest absolute Gasteiger partial charge is 0.485 e. The van der Waals surface area contributed by atoms with Gasteiger partial charge in [-0.2, -0.15) is 0 Å². The second kappa shape index (κ2) is 9.65. The molecule has 2 atom stereocenters. The lowest BCUT2D eigenvalue weighted by Crippen LogP contribution is -2.55. The maximum absolute atomic E-state index is 12.9. The average Bonchev–Trinajstić information content (AvgIpc) is 3.02. The zero-order chi connectivity index (χ0) is 24.4. The molecule has 2 aromatic rings. The predicted molar refractivity (Wildman–Crippen MR) is 125 cm³/mol. The number of nitrogens with zero attached hydrogens (tertiary/aromatic N) is 2. The van der Waals surface area contributed by atoms with Gasteiger partial charge in [0.25, 0.3) is 11.8 Å². The molecule has 0 aliphatic carbocycles. The lowest BCUT2D eigenvalue weighted by atomic mass is 10.1. The molecule has 3 aliphatic rings. The first-order valence-corrected chi connectivity index (χ1v) is 11.7. The summed E-state index contributed by atoms with van der Waals surface area (Å²) in [5.41, 5.74) is 0.853. The summed E-state index contributed by atoms with van der Waals surface area (Å²) in [6.07, 6.45) is -0.413. The van der Waals surface area contributed by atoms with Crippen LogP contribution in [0.15, 0.2) is 48.5 Å². The summed E-state index contributed by atoms with van der Waals surface area (Å²) in [5, 5.41) is 5.46. The SMILES string of the molecule is O=C1N[C@@H](CCC(=O)N2CCN(C(=O)[C@H]3COc4ccccc4O3)CC2)C(=O)Nc2ccccc21. The maximum atomic E-state index is 12.9. The second-order valence-corrected chi connectivity index (χ2v) is 8.67. The fraction of sp³-hybridized carbons (Fsp3) is 0.360. The summed E-state index contributed by atoms with van der Waals surface area (Å²) in [6.45, 7) is 1.71. The van der Waals surface area contributed by atoms with Crippen LogP contribution in [0.3, 0.4) is 0 Å². The van der Waals surface area contributed by atoms with Crippen LogP contribution in [0.5, 0.6) is 11.5 Å². The highest BCUT2D eigenvalue weighted by atomic mass is 16.6. The first kappa shape index (κ1) is 22.7. The summed E-state index contributed by atoms with van der Waals surface area (Å²) >= 11 is 0. The van der Waals surface area contributed by atoms with E-state index in [0.717, 1.165) is 0 Å². The first-order valence-electron chi connectivity index (χ1n) is 11.7. The molecule has 5 rings (SSSR count). The summed E-state index contributed by atoms with van der Waals surface area (Å²) < 4.78 is 11.5. The fourth-order valence-electron chi connectivity index (χ4n) is 4.46. The number of nitrogens with one attached hydrogen (secondary N) is 2. The van der Waals surface area contributed by atoms with Crippen LogP contribution in [0.2, 0.25) is 0 Å². The van der Waals surface area contributed by atoms with E-state index in [0.29, 0.717) is 48.9 Å². The Morgan fingerprint density at radius 2 is 1.60 bits per heavy atom. The maximum Gasteiger partial charge on any atom is 0.267 e. The van der Waals surface area contributed by atoms with Gasteiger partial charge in [-0.05, 0) is 30.7 Å². The van der Waals surface area contributed by atoms with Gasteiger partial charge in [0, 0.05) is 32.6 Å². The van der Waals surface area contributed by atoms with Gasteiger partial charge < -0.3 is 29.9 Å². The topological polar surface area (TPSA) is 117 Å². The molecule has 0 unspecified atom stereocenters. The molecule has 2 N–H and O–H groups in total. The number of carbonyl (C=O) groups is 4. The standard InChI is InChI=1S/C25H26N4O6/c30-22(10-9-18-24(32)26-17-6-2-1-5-16(17)23(31)27-18)28-11-13-29(14-12-28)25(33)21-15-34-19-7-3-4-8-20(19)35-21/h1-8,18,21H,9-15H2,(H,26,32)(H,27,31)/t18-,21+/m0/s1. The third kappa shape index (κ3) is 4.77. The lowest BCUT2D eigenvalue weighted by molar-refractivity contribution is -0.146. The molecule has 3 aliphatic heterocycles. The third-order valence-electron chi connectivity index (χ3n) is 6.43. The van der Waals surface area contributed by atoms with Gasteiger partial charge in [-0.3, -0.25) is 19.2 Å². The van der Waals surface area contributed by atoms with E-state index in [1.165, 1.54) is 0 Å². The number of hydrogen-bond donors (Lipinski definition) is 2. The van der Waals surface area contributed by atoms with Gasteiger partial charge in [0.1, 0.15) is 12.6 Å². The van der Waals surface area contributed by atoms with Gasteiger partial charge in [-0.25, -0.2) is 0 Å². The minimum Gasteiger partial charge on any atom is -0.485 e. The first-order chi connectivity index (χ1) is 17.0. The number of anilines is 1. The van der Waals surface area contributed by atoms with Crippen molar-refractivity contribution in [2.75, 3.05) is 38.1 Å². The van der Waals surface area contributed by atoms with Crippen molar-refractivity contribution in [2.24, 2.45) is 0 Å². The van der Waals surface area contributed by atoms with E-state index in [4.69, 9.17) is 9.47 Å². The molecule has 10 heteroatoms. The Hall–Kier alpha value is -4.08. The molecule has 10 nitrogen and oxygen atoms in total. The molecule has 3 heterocycles. The second-order valence-electron chi connectivity index (χ2n) is 8.67. The molecule has 1 saturated heterocycles. The Morgan fingerprint density at radius 1 is 0.914 bits per heavy atom. The molecular weight excluding hydrogens is 452 g/mol.